The SMILES string of the molecule is Cc1n[nH]c(=O)nc1NCCc1ccc(O)cc1. The van der Waals surface area contributed by atoms with Crippen molar-refractivity contribution in [2.24, 2.45) is 0 Å². The van der Waals surface area contributed by atoms with E-state index in [1.165, 1.54) is 0 Å². The van der Waals surface area contributed by atoms with Crippen molar-refractivity contribution in [2.45, 2.75) is 13.3 Å². The van der Waals surface area contributed by atoms with Gasteiger partial charge in [-0.05, 0) is 31.0 Å². The molecule has 0 aliphatic rings. The van der Waals surface area contributed by atoms with E-state index in [2.05, 4.69) is 20.5 Å². The highest BCUT2D eigenvalue weighted by Gasteiger charge is 2.01. The van der Waals surface area contributed by atoms with E-state index >= 15 is 0 Å². The van der Waals surface area contributed by atoms with Crippen LogP contribution in [0.2, 0.25) is 0 Å². The zero-order valence-corrected chi connectivity index (χ0v) is 9.97. The number of nitrogens with one attached hydrogen (secondary N) is 2. The molecule has 3 N–H and O–H groups in total. The van der Waals surface area contributed by atoms with Gasteiger partial charge in [-0.1, -0.05) is 12.1 Å². The van der Waals surface area contributed by atoms with Crippen molar-refractivity contribution in [2.75, 3.05) is 11.9 Å². The number of anilines is 1. The van der Waals surface area contributed by atoms with E-state index < -0.39 is 5.69 Å². The normalized spacial score (nSPS) is 10.3. The van der Waals surface area contributed by atoms with Crippen molar-refractivity contribution in [3.8, 4) is 5.75 Å². The molecule has 0 bridgehead atoms. The first kappa shape index (κ1) is 12.1. The van der Waals surface area contributed by atoms with Crippen LogP contribution >= 0.6 is 0 Å². The van der Waals surface area contributed by atoms with Crippen LogP contribution in [0.1, 0.15) is 11.3 Å². The van der Waals surface area contributed by atoms with Gasteiger partial charge in [0.05, 0.1) is 0 Å². The average Bonchev–Trinajstić information content (AvgIpc) is 2.36. The molecule has 1 aromatic carbocycles. The van der Waals surface area contributed by atoms with Crippen LogP contribution in [0, 0.1) is 6.92 Å². The summed E-state index contributed by atoms with van der Waals surface area (Å²) in [6.07, 6.45) is 0.772. The van der Waals surface area contributed by atoms with Gasteiger partial charge in [-0.2, -0.15) is 10.1 Å². The predicted molar refractivity (Wildman–Crippen MR) is 67.7 cm³/mol. The highest BCUT2D eigenvalue weighted by atomic mass is 16.3. The Bertz CT molecular complexity index is 577. The lowest BCUT2D eigenvalue weighted by Crippen LogP contribution is -2.18. The Morgan fingerprint density at radius 3 is 2.78 bits per heavy atom. The van der Waals surface area contributed by atoms with Crippen molar-refractivity contribution in [1.29, 1.82) is 0 Å². The topological polar surface area (TPSA) is 90.9 Å². The molecule has 2 rings (SSSR count). The van der Waals surface area contributed by atoms with Gasteiger partial charge in [0.1, 0.15) is 11.4 Å². The Kier molecular flexibility index (Phi) is 3.57. The number of hydrogen-bond acceptors (Lipinski definition) is 5. The van der Waals surface area contributed by atoms with Gasteiger partial charge in [0.2, 0.25) is 0 Å². The van der Waals surface area contributed by atoms with Gasteiger partial charge in [-0.25, -0.2) is 9.89 Å². The maximum atomic E-state index is 11.0. The van der Waals surface area contributed by atoms with Crippen molar-refractivity contribution in [1.82, 2.24) is 15.2 Å². The highest BCUT2D eigenvalue weighted by molar-refractivity contribution is 5.37. The van der Waals surface area contributed by atoms with Gasteiger partial charge in [0.25, 0.3) is 0 Å². The molecule has 2 aromatic rings. The van der Waals surface area contributed by atoms with Crippen molar-refractivity contribution in [3.63, 3.8) is 0 Å². The summed E-state index contributed by atoms with van der Waals surface area (Å²) in [4.78, 5) is 14.8. The van der Waals surface area contributed by atoms with E-state index in [1.54, 1.807) is 19.1 Å². The number of aromatic amines is 1. The number of benzene rings is 1. The molecule has 94 valence electrons. The van der Waals surface area contributed by atoms with E-state index in [9.17, 15) is 4.79 Å². The number of aromatic nitrogens is 3. The summed E-state index contributed by atoms with van der Waals surface area (Å²) in [5.41, 5.74) is 1.28. The standard InChI is InChI=1S/C12H14N4O2/c1-8-11(14-12(18)16-15-8)13-7-6-9-2-4-10(17)5-3-9/h2-5,17H,6-7H2,1H3,(H2,13,14,16,18). The number of rotatable bonds is 4. The molecule has 0 radical (unpaired) electrons. The summed E-state index contributed by atoms with van der Waals surface area (Å²) in [7, 11) is 0. The first-order valence-corrected chi connectivity index (χ1v) is 5.60. The third-order valence-corrected chi connectivity index (χ3v) is 2.52. The molecular weight excluding hydrogens is 232 g/mol. The zero-order valence-electron chi connectivity index (χ0n) is 9.97. The van der Waals surface area contributed by atoms with Crippen LogP contribution in [0.4, 0.5) is 5.82 Å². The number of nitrogens with zero attached hydrogens (tertiary/aromatic N) is 2. The molecule has 18 heavy (non-hydrogen) atoms. The zero-order chi connectivity index (χ0) is 13.0. The van der Waals surface area contributed by atoms with Crippen LogP contribution in [0.5, 0.6) is 5.75 Å². The first-order valence-electron chi connectivity index (χ1n) is 5.60. The Morgan fingerprint density at radius 2 is 2.06 bits per heavy atom. The van der Waals surface area contributed by atoms with Gasteiger partial charge in [-0.3, -0.25) is 0 Å². The largest absolute Gasteiger partial charge is 0.508 e. The van der Waals surface area contributed by atoms with Gasteiger partial charge in [0.15, 0.2) is 5.82 Å². The maximum Gasteiger partial charge on any atom is 0.363 e. The lowest BCUT2D eigenvalue weighted by Gasteiger charge is -2.06. The van der Waals surface area contributed by atoms with Crippen molar-refractivity contribution >= 4 is 5.82 Å². The molecule has 0 aliphatic heterocycles. The molecule has 0 saturated heterocycles. The van der Waals surface area contributed by atoms with Crippen LogP contribution in [-0.4, -0.2) is 26.8 Å². The summed E-state index contributed by atoms with van der Waals surface area (Å²) in [5.74, 6) is 0.751. The fraction of sp³-hybridized carbons (Fsp3) is 0.250. The number of aromatic hydroxyl groups is 1. The van der Waals surface area contributed by atoms with Crippen LogP contribution in [0.3, 0.4) is 0 Å². The number of phenolic OH excluding ortho intramolecular Hbond substituents is 1. The monoisotopic (exact) mass is 246 g/mol. The Morgan fingerprint density at radius 1 is 1.33 bits per heavy atom. The third-order valence-electron chi connectivity index (χ3n) is 2.52. The summed E-state index contributed by atoms with van der Waals surface area (Å²) in [5, 5.41) is 18.3. The lowest BCUT2D eigenvalue weighted by atomic mass is 10.1. The van der Waals surface area contributed by atoms with Crippen LogP contribution in [0.25, 0.3) is 0 Å². The first-order chi connectivity index (χ1) is 8.65. The molecule has 0 amide bonds. The van der Waals surface area contributed by atoms with Crippen molar-refractivity contribution in [3.05, 3.63) is 46.0 Å². The molecule has 0 saturated carbocycles. The Balaban J connectivity index is 1.94. The molecule has 0 spiro atoms. The van der Waals surface area contributed by atoms with Crippen LogP contribution < -0.4 is 11.0 Å². The van der Waals surface area contributed by atoms with Gasteiger partial charge < -0.3 is 10.4 Å². The smallest absolute Gasteiger partial charge is 0.363 e. The number of phenols is 1. The summed E-state index contributed by atoms with van der Waals surface area (Å²) >= 11 is 0. The molecule has 0 atom stereocenters. The average molecular weight is 246 g/mol. The fourth-order valence-electron chi connectivity index (χ4n) is 1.55. The Labute approximate surface area is 104 Å². The maximum absolute atomic E-state index is 11.0. The molecule has 6 heteroatoms. The summed E-state index contributed by atoms with van der Waals surface area (Å²) in [6, 6.07) is 7.00. The quantitative estimate of drug-likeness (QED) is 0.743. The predicted octanol–water partition coefficient (Wildman–Crippen LogP) is 0.834. The minimum atomic E-state index is -0.465. The third kappa shape index (κ3) is 3.07. The second-order valence-electron chi connectivity index (χ2n) is 3.92. The van der Waals surface area contributed by atoms with E-state index in [-0.39, 0.29) is 5.75 Å². The van der Waals surface area contributed by atoms with Crippen LogP contribution in [-0.2, 0) is 6.42 Å². The van der Waals surface area contributed by atoms with E-state index in [4.69, 9.17) is 5.11 Å². The number of aryl methyl sites for hydroxylation is 1. The van der Waals surface area contributed by atoms with Gasteiger partial charge >= 0.3 is 5.69 Å². The lowest BCUT2D eigenvalue weighted by molar-refractivity contribution is 0.475. The van der Waals surface area contributed by atoms with Gasteiger partial charge in [-0.15, -0.1) is 0 Å². The minimum Gasteiger partial charge on any atom is -0.508 e. The van der Waals surface area contributed by atoms with Crippen LogP contribution in [0.15, 0.2) is 29.1 Å². The second kappa shape index (κ2) is 5.31. The summed E-state index contributed by atoms with van der Waals surface area (Å²) in [6.45, 7) is 2.41. The molecular formula is C12H14N4O2. The number of hydrogen-bond donors (Lipinski definition) is 3. The summed E-state index contributed by atoms with van der Waals surface area (Å²) < 4.78 is 0. The number of H-pyrrole nitrogens is 1. The molecule has 1 aromatic heterocycles. The minimum absolute atomic E-state index is 0.253. The second-order valence-corrected chi connectivity index (χ2v) is 3.92. The van der Waals surface area contributed by atoms with Gasteiger partial charge in [0, 0.05) is 6.54 Å². The molecule has 0 unspecified atom stereocenters. The molecule has 6 nitrogen and oxygen atoms in total. The Hall–Kier alpha value is -2.37. The molecule has 0 fully saturated rings. The molecule has 0 aliphatic carbocycles. The van der Waals surface area contributed by atoms with E-state index in [0.717, 1.165) is 12.0 Å². The fourth-order valence-corrected chi connectivity index (χ4v) is 1.55. The van der Waals surface area contributed by atoms with Crippen molar-refractivity contribution < 1.29 is 5.11 Å². The molecule has 1 heterocycles. The van der Waals surface area contributed by atoms with E-state index in [1.807, 2.05) is 12.1 Å². The van der Waals surface area contributed by atoms with E-state index in [0.29, 0.717) is 18.1 Å². The highest BCUT2D eigenvalue weighted by Crippen LogP contribution is 2.10.